The molecule has 2 atom stereocenters. The maximum absolute atomic E-state index is 5.79. The molecule has 0 saturated carbocycles. The third-order valence-electron chi connectivity index (χ3n) is 4.19. The Morgan fingerprint density at radius 1 is 1.30 bits per heavy atom. The summed E-state index contributed by atoms with van der Waals surface area (Å²) in [6.07, 6.45) is 2.61. The van der Waals surface area contributed by atoms with Crippen LogP contribution in [-0.2, 0) is 17.7 Å². The van der Waals surface area contributed by atoms with Gasteiger partial charge < -0.3 is 10.1 Å². The average molecular weight is 276 g/mol. The summed E-state index contributed by atoms with van der Waals surface area (Å²) in [7, 11) is 2.01. The molecular formula is C17H28N2O. The minimum Gasteiger partial charge on any atom is -0.376 e. The number of hydrogen-bond acceptors (Lipinski definition) is 3. The molecule has 1 saturated heterocycles. The van der Waals surface area contributed by atoms with Gasteiger partial charge in [-0.2, -0.15) is 0 Å². The van der Waals surface area contributed by atoms with E-state index in [-0.39, 0.29) is 0 Å². The molecule has 0 aromatic heterocycles. The van der Waals surface area contributed by atoms with Gasteiger partial charge in [-0.25, -0.2) is 0 Å². The van der Waals surface area contributed by atoms with Crippen molar-refractivity contribution in [3.05, 3.63) is 35.4 Å². The summed E-state index contributed by atoms with van der Waals surface area (Å²) < 4.78 is 5.79. The minimum absolute atomic E-state index is 0.349. The first-order valence-corrected chi connectivity index (χ1v) is 7.81. The highest BCUT2D eigenvalue weighted by atomic mass is 16.5. The summed E-state index contributed by atoms with van der Waals surface area (Å²) in [4.78, 5) is 2.59. The Balaban J connectivity index is 2.07. The Kier molecular flexibility index (Phi) is 6.02. The zero-order valence-corrected chi connectivity index (χ0v) is 13.1. The molecule has 0 spiro atoms. The average Bonchev–Trinajstić information content (AvgIpc) is 2.47. The Labute approximate surface area is 123 Å². The van der Waals surface area contributed by atoms with E-state index in [9.17, 15) is 0 Å². The molecule has 20 heavy (non-hydrogen) atoms. The first-order chi connectivity index (χ1) is 9.74. The van der Waals surface area contributed by atoms with E-state index in [1.54, 1.807) is 0 Å². The van der Waals surface area contributed by atoms with Gasteiger partial charge in [0.15, 0.2) is 0 Å². The van der Waals surface area contributed by atoms with E-state index < -0.39 is 0 Å². The monoisotopic (exact) mass is 276 g/mol. The number of rotatable bonds is 6. The molecule has 1 aliphatic heterocycles. The Morgan fingerprint density at radius 2 is 2.05 bits per heavy atom. The molecule has 0 bridgehead atoms. The smallest absolute Gasteiger partial charge is 0.0674 e. The molecule has 1 aliphatic rings. The Morgan fingerprint density at radius 3 is 2.75 bits per heavy atom. The van der Waals surface area contributed by atoms with Gasteiger partial charge in [0.1, 0.15) is 0 Å². The maximum Gasteiger partial charge on any atom is 0.0674 e. The summed E-state index contributed by atoms with van der Waals surface area (Å²) in [5.41, 5.74) is 2.94. The van der Waals surface area contributed by atoms with Crippen LogP contribution in [0.4, 0.5) is 0 Å². The van der Waals surface area contributed by atoms with Crippen LogP contribution >= 0.6 is 0 Å². The first kappa shape index (κ1) is 15.5. The van der Waals surface area contributed by atoms with Crippen LogP contribution in [0.2, 0.25) is 0 Å². The van der Waals surface area contributed by atoms with Crippen LogP contribution in [0.3, 0.4) is 0 Å². The Hall–Kier alpha value is -0.900. The third-order valence-corrected chi connectivity index (χ3v) is 4.19. The van der Waals surface area contributed by atoms with Gasteiger partial charge in [-0.15, -0.1) is 0 Å². The van der Waals surface area contributed by atoms with Crippen LogP contribution < -0.4 is 5.32 Å². The summed E-state index contributed by atoms with van der Waals surface area (Å²) in [5.74, 6) is 0. The highest BCUT2D eigenvalue weighted by molar-refractivity contribution is 5.27. The number of benzene rings is 1. The molecule has 1 N–H and O–H groups in total. The van der Waals surface area contributed by atoms with Gasteiger partial charge >= 0.3 is 0 Å². The molecule has 3 nitrogen and oxygen atoms in total. The predicted molar refractivity (Wildman–Crippen MR) is 84.0 cm³/mol. The van der Waals surface area contributed by atoms with Gasteiger partial charge in [-0.1, -0.05) is 31.2 Å². The van der Waals surface area contributed by atoms with Gasteiger partial charge in [0.05, 0.1) is 12.7 Å². The number of nitrogens with one attached hydrogen (secondary N) is 1. The van der Waals surface area contributed by atoms with Crippen LogP contribution in [0.15, 0.2) is 24.3 Å². The van der Waals surface area contributed by atoms with E-state index in [1.165, 1.54) is 11.1 Å². The zero-order chi connectivity index (χ0) is 14.4. The number of ether oxygens (including phenoxy) is 1. The molecule has 1 fully saturated rings. The van der Waals surface area contributed by atoms with Gasteiger partial charge in [0, 0.05) is 19.1 Å². The van der Waals surface area contributed by atoms with Crippen molar-refractivity contribution < 1.29 is 4.74 Å². The van der Waals surface area contributed by atoms with Crippen molar-refractivity contribution in [2.24, 2.45) is 0 Å². The van der Waals surface area contributed by atoms with E-state index in [1.807, 2.05) is 7.05 Å². The molecule has 0 radical (unpaired) electrons. The normalized spacial score (nSPS) is 23.9. The SMILES string of the molecule is CCC1COC(C)CN1Cc1ccccc1CCNC. The quantitative estimate of drug-likeness (QED) is 0.864. The molecule has 1 aromatic rings. The highest BCUT2D eigenvalue weighted by Gasteiger charge is 2.25. The first-order valence-electron chi connectivity index (χ1n) is 7.81. The van der Waals surface area contributed by atoms with Gasteiger partial charge in [-0.05, 0) is 44.5 Å². The molecule has 1 heterocycles. The molecule has 1 aromatic carbocycles. The van der Waals surface area contributed by atoms with E-state index in [2.05, 4.69) is 48.3 Å². The fourth-order valence-electron chi connectivity index (χ4n) is 2.92. The molecule has 2 unspecified atom stereocenters. The lowest BCUT2D eigenvalue weighted by atomic mass is 10.0. The van der Waals surface area contributed by atoms with Crippen molar-refractivity contribution in [3.63, 3.8) is 0 Å². The second-order valence-corrected chi connectivity index (χ2v) is 5.76. The van der Waals surface area contributed by atoms with Crippen molar-refractivity contribution in [1.29, 1.82) is 0 Å². The van der Waals surface area contributed by atoms with Crippen LogP contribution in [0.25, 0.3) is 0 Å². The van der Waals surface area contributed by atoms with Crippen LogP contribution in [0.1, 0.15) is 31.4 Å². The van der Waals surface area contributed by atoms with E-state index in [0.717, 1.165) is 39.1 Å². The lowest BCUT2D eigenvalue weighted by Gasteiger charge is -2.38. The lowest BCUT2D eigenvalue weighted by Crippen LogP contribution is -2.48. The van der Waals surface area contributed by atoms with Crippen molar-refractivity contribution in [2.45, 2.75) is 45.4 Å². The van der Waals surface area contributed by atoms with E-state index in [0.29, 0.717) is 12.1 Å². The standard InChI is InChI=1S/C17H28N2O/c1-4-17-13-20-14(2)11-19(17)12-16-8-6-5-7-15(16)9-10-18-3/h5-8,14,17-18H,4,9-13H2,1-3H3. The molecule has 3 heteroatoms. The number of morpholine rings is 1. The van der Waals surface area contributed by atoms with Gasteiger partial charge in [0.2, 0.25) is 0 Å². The molecule has 2 rings (SSSR count). The molecular weight excluding hydrogens is 248 g/mol. The van der Waals surface area contributed by atoms with Crippen molar-refractivity contribution in [2.75, 3.05) is 26.7 Å². The number of nitrogens with zero attached hydrogens (tertiary/aromatic N) is 1. The van der Waals surface area contributed by atoms with Crippen molar-refractivity contribution in [3.8, 4) is 0 Å². The molecule has 0 aliphatic carbocycles. The lowest BCUT2D eigenvalue weighted by molar-refractivity contribution is -0.0592. The molecule has 112 valence electrons. The van der Waals surface area contributed by atoms with Gasteiger partial charge in [0.25, 0.3) is 0 Å². The van der Waals surface area contributed by atoms with Gasteiger partial charge in [-0.3, -0.25) is 4.90 Å². The zero-order valence-electron chi connectivity index (χ0n) is 13.1. The number of hydrogen-bond donors (Lipinski definition) is 1. The van der Waals surface area contributed by atoms with Crippen LogP contribution in [0.5, 0.6) is 0 Å². The van der Waals surface area contributed by atoms with E-state index >= 15 is 0 Å². The third kappa shape index (κ3) is 4.05. The Bertz CT molecular complexity index is 408. The van der Waals surface area contributed by atoms with Crippen LogP contribution in [0, 0.1) is 0 Å². The second-order valence-electron chi connectivity index (χ2n) is 5.76. The fourth-order valence-corrected chi connectivity index (χ4v) is 2.92. The summed E-state index contributed by atoms with van der Waals surface area (Å²) in [6.45, 7) is 8.42. The van der Waals surface area contributed by atoms with E-state index in [4.69, 9.17) is 4.74 Å². The summed E-state index contributed by atoms with van der Waals surface area (Å²) >= 11 is 0. The topological polar surface area (TPSA) is 24.5 Å². The number of likely N-dealkylation sites (N-methyl/N-ethyl adjacent to an activating group) is 1. The predicted octanol–water partition coefficient (Wildman–Crippen LogP) is 2.45. The van der Waals surface area contributed by atoms with Crippen molar-refractivity contribution in [1.82, 2.24) is 10.2 Å². The molecule has 0 amide bonds. The summed E-state index contributed by atoms with van der Waals surface area (Å²) in [6, 6.07) is 9.40. The highest BCUT2D eigenvalue weighted by Crippen LogP contribution is 2.20. The maximum atomic E-state index is 5.79. The minimum atomic E-state index is 0.349. The largest absolute Gasteiger partial charge is 0.376 e. The van der Waals surface area contributed by atoms with Crippen LogP contribution in [-0.4, -0.2) is 43.8 Å². The summed E-state index contributed by atoms with van der Waals surface area (Å²) in [5, 5.41) is 3.24. The second kappa shape index (κ2) is 7.77. The fraction of sp³-hybridized carbons (Fsp3) is 0.647. The van der Waals surface area contributed by atoms with Crippen molar-refractivity contribution >= 4 is 0 Å².